The Bertz CT molecular complexity index is 1070. The number of hydrogen-bond donors (Lipinski definition) is 1. The standard InChI is InChI=1S/C26H23N3O/c30-28-23-17-10-18-24-25(23)27-19-29(24)26(20-11-4-1-5-12-20,21-13-6-2-7-14-21)22-15-8-3-9-16-22/h1-9,11-16,19,30H,10,17-18H2/b28-23+. The Balaban J connectivity index is 1.90. The number of nitrogens with zero attached hydrogens (tertiary/aromatic N) is 3. The van der Waals surface area contributed by atoms with Crippen LogP contribution in [0.15, 0.2) is 102 Å². The maximum absolute atomic E-state index is 9.54. The summed E-state index contributed by atoms with van der Waals surface area (Å²) in [6.07, 6.45) is 4.48. The van der Waals surface area contributed by atoms with Crippen LogP contribution >= 0.6 is 0 Å². The number of oxime groups is 1. The lowest BCUT2D eigenvalue weighted by Crippen LogP contribution is -2.39. The van der Waals surface area contributed by atoms with E-state index in [0.29, 0.717) is 5.71 Å². The smallest absolute Gasteiger partial charge is 0.121 e. The minimum atomic E-state index is -0.581. The van der Waals surface area contributed by atoms with E-state index < -0.39 is 5.54 Å². The van der Waals surface area contributed by atoms with Crippen LogP contribution in [0.3, 0.4) is 0 Å². The minimum absolute atomic E-state index is 0.581. The molecule has 0 unspecified atom stereocenters. The normalized spacial score (nSPS) is 15.1. The van der Waals surface area contributed by atoms with Crippen molar-refractivity contribution in [1.82, 2.24) is 9.55 Å². The van der Waals surface area contributed by atoms with E-state index in [4.69, 9.17) is 4.98 Å². The largest absolute Gasteiger partial charge is 0.411 e. The summed E-state index contributed by atoms with van der Waals surface area (Å²) in [6, 6.07) is 31.7. The zero-order valence-corrected chi connectivity index (χ0v) is 16.6. The molecule has 4 nitrogen and oxygen atoms in total. The van der Waals surface area contributed by atoms with Crippen LogP contribution in [-0.4, -0.2) is 20.5 Å². The van der Waals surface area contributed by atoms with Crippen molar-refractivity contribution in [1.29, 1.82) is 0 Å². The second kappa shape index (κ2) is 7.64. The first-order valence-corrected chi connectivity index (χ1v) is 10.3. The van der Waals surface area contributed by atoms with Gasteiger partial charge in [-0.25, -0.2) is 4.98 Å². The highest BCUT2D eigenvalue weighted by molar-refractivity contribution is 6.00. The summed E-state index contributed by atoms with van der Waals surface area (Å²) in [5.74, 6) is 0. The zero-order valence-electron chi connectivity index (χ0n) is 16.6. The molecule has 1 N–H and O–H groups in total. The van der Waals surface area contributed by atoms with Gasteiger partial charge in [0.05, 0.1) is 6.33 Å². The molecule has 0 radical (unpaired) electrons. The fourth-order valence-electron chi connectivity index (χ4n) is 4.74. The van der Waals surface area contributed by atoms with Crippen molar-refractivity contribution in [3.8, 4) is 0 Å². The lowest BCUT2D eigenvalue weighted by atomic mass is 9.76. The van der Waals surface area contributed by atoms with Crippen LogP contribution in [0, 0.1) is 0 Å². The zero-order chi connectivity index (χ0) is 20.4. The number of hydrogen-bond acceptors (Lipinski definition) is 3. The summed E-state index contributed by atoms with van der Waals surface area (Å²) in [6.45, 7) is 0. The van der Waals surface area contributed by atoms with Gasteiger partial charge in [-0.05, 0) is 36.0 Å². The molecule has 0 bridgehead atoms. The lowest BCUT2D eigenvalue weighted by molar-refractivity contribution is 0.317. The van der Waals surface area contributed by atoms with Crippen LogP contribution in [-0.2, 0) is 12.0 Å². The van der Waals surface area contributed by atoms with Crippen LogP contribution in [0.5, 0.6) is 0 Å². The molecule has 1 aromatic heterocycles. The Kier molecular flexibility index (Phi) is 4.68. The molecule has 0 fully saturated rings. The summed E-state index contributed by atoms with van der Waals surface area (Å²) in [4.78, 5) is 4.72. The summed E-state index contributed by atoms with van der Waals surface area (Å²) >= 11 is 0. The van der Waals surface area contributed by atoms with E-state index in [1.54, 1.807) is 0 Å². The highest BCUT2D eigenvalue weighted by Gasteiger charge is 2.41. The minimum Gasteiger partial charge on any atom is -0.411 e. The first-order valence-electron chi connectivity index (χ1n) is 10.3. The summed E-state index contributed by atoms with van der Waals surface area (Å²) in [5, 5.41) is 13.1. The Morgan fingerprint density at radius 1 is 0.733 bits per heavy atom. The first-order chi connectivity index (χ1) is 14.9. The van der Waals surface area contributed by atoms with Crippen molar-refractivity contribution >= 4 is 5.71 Å². The predicted molar refractivity (Wildman–Crippen MR) is 118 cm³/mol. The molecular formula is C26H23N3O. The molecule has 0 atom stereocenters. The molecule has 0 aliphatic heterocycles. The fourth-order valence-corrected chi connectivity index (χ4v) is 4.74. The Labute approximate surface area is 176 Å². The van der Waals surface area contributed by atoms with E-state index in [1.807, 2.05) is 24.5 Å². The number of rotatable bonds is 4. The monoisotopic (exact) mass is 393 g/mol. The van der Waals surface area contributed by atoms with Crippen LogP contribution in [0.1, 0.15) is 40.9 Å². The Hall–Kier alpha value is -3.66. The second-order valence-corrected chi connectivity index (χ2v) is 7.62. The van der Waals surface area contributed by atoms with Crippen molar-refractivity contribution in [3.05, 3.63) is 125 Å². The maximum atomic E-state index is 9.54. The van der Waals surface area contributed by atoms with Crippen molar-refractivity contribution < 1.29 is 5.21 Å². The van der Waals surface area contributed by atoms with Crippen LogP contribution < -0.4 is 0 Å². The maximum Gasteiger partial charge on any atom is 0.121 e. The van der Waals surface area contributed by atoms with Gasteiger partial charge < -0.3 is 9.77 Å². The van der Waals surface area contributed by atoms with Crippen molar-refractivity contribution in [2.75, 3.05) is 0 Å². The van der Waals surface area contributed by atoms with E-state index in [0.717, 1.165) is 47.3 Å². The number of imidazole rings is 1. The van der Waals surface area contributed by atoms with Gasteiger partial charge in [0.25, 0.3) is 0 Å². The van der Waals surface area contributed by atoms with Crippen LogP contribution in [0.4, 0.5) is 0 Å². The van der Waals surface area contributed by atoms with E-state index in [-0.39, 0.29) is 0 Å². The third-order valence-electron chi connectivity index (χ3n) is 6.02. The molecule has 1 aliphatic carbocycles. The molecule has 3 aromatic carbocycles. The molecule has 0 amide bonds. The van der Waals surface area contributed by atoms with Gasteiger partial charge in [-0.1, -0.05) is 96.2 Å². The molecule has 0 saturated carbocycles. The molecular weight excluding hydrogens is 370 g/mol. The Morgan fingerprint density at radius 3 is 1.70 bits per heavy atom. The molecule has 4 heteroatoms. The van der Waals surface area contributed by atoms with E-state index in [2.05, 4.69) is 82.5 Å². The van der Waals surface area contributed by atoms with Gasteiger partial charge in [0.1, 0.15) is 16.9 Å². The van der Waals surface area contributed by atoms with Crippen molar-refractivity contribution in [2.45, 2.75) is 24.8 Å². The predicted octanol–water partition coefficient (Wildman–Crippen LogP) is 5.24. The fraction of sp³-hybridized carbons (Fsp3) is 0.154. The number of benzene rings is 3. The third kappa shape index (κ3) is 2.76. The van der Waals surface area contributed by atoms with E-state index >= 15 is 0 Å². The van der Waals surface area contributed by atoms with Crippen molar-refractivity contribution in [3.63, 3.8) is 0 Å². The van der Waals surface area contributed by atoms with E-state index in [9.17, 15) is 5.21 Å². The molecule has 148 valence electrons. The topological polar surface area (TPSA) is 50.4 Å². The van der Waals surface area contributed by atoms with Gasteiger partial charge >= 0.3 is 0 Å². The first kappa shape index (κ1) is 18.4. The number of aromatic nitrogens is 2. The molecule has 1 heterocycles. The SMILES string of the molecule is O/N=C1\CCCc2c1ncn2C(c1ccccc1)(c1ccccc1)c1ccccc1. The van der Waals surface area contributed by atoms with Gasteiger partial charge in [0.2, 0.25) is 0 Å². The van der Waals surface area contributed by atoms with Gasteiger partial charge in [0, 0.05) is 5.69 Å². The lowest BCUT2D eigenvalue weighted by Gasteiger charge is -2.39. The molecule has 5 rings (SSSR count). The molecule has 4 aromatic rings. The second-order valence-electron chi connectivity index (χ2n) is 7.62. The van der Waals surface area contributed by atoms with Gasteiger partial charge in [0.15, 0.2) is 0 Å². The highest BCUT2D eigenvalue weighted by Crippen LogP contribution is 2.42. The van der Waals surface area contributed by atoms with Gasteiger partial charge in [-0.2, -0.15) is 0 Å². The highest BCUT2D eigenvalue weighted by atomic mass is 16.4. The molecule has 0 saturated heterocycles. The summed E-state index contributed by atoms with van der Waals surface area (Å²) in [5.41, 5.74) is 5.48. The average molecular weight is 393 g/mol. The quantitative estimate of drug-likeness (QED) is 0.293. The summed E-state index contributed by atoms with van der Waals surface area (Å²) in [7, 11) is 0. The van der Waals surface area contributed by atoms with Gasteiger partial charge in [-0.15, -0.1) is 0 Å². The Morgan fingerprint density at radius 2 is 1.23 bits per heavy atom. The van der Waals surface area contributed by atoms with Gasteiger partial charge in [-0.3, -0.25) is 0 Å². The molecule has 30 heavy (non-hydrogen) atoms. The molecule has 1 aliphatic rings. The average Bonchev–Trinajstić information content (AvgIpc) is 3.26. The van der Waals surface area contributed by atoms with Crippen LogP contribution in [0.25, 0.3) is 0 Å². The van der Waals surface area contributed by atoms with E-state index in [1.165, 1.54) is 0 Å². The number of fused-ring (bicyclic) bond motifs is 1. The van der Waals surface area contributed by atoms with Crippen LogP contribution in [0.2, 0.25) is 0 Å². The molecule has 0 spiro atoms. The van der Waals surface area contributed by atoms with Crippen molar-refractivity contribution in [2.24, 2.45) is 5.16 Å². The third-order valence-corrected chi connectivity index (χ3v) is 6.02. The summed E-state index contributed by atoms with van der Waals surface area (Å²) < 4.78 is 2.28.